The second-order valence-corrected chi connectivity index (χ2v) is 7.03. The van der Waals surface area contributed by atoms with Crippen molar-refractivity contribution < 1.29 is 8.42 Å². The zero-order valence-corrected chi connectivity index (χ0v) is 11.4. The number of aryl methyl sites for hydroxylation is 1. The summed E-state index contributed by atoms with van der Waals surface area (Å²) < 4.78 is 28.7. The Bertz CT molecular complexity index is 490. The van der Waals surface area contributed by atoms with Gasteiger partial charge >= 0.3 is 0 Å². The fourth-order valence-electron chi connectivity index (χ4n) is 1.84. The van der Waals surface area contributed by atoms with E-state index < -0.39 is 10.0 Å². The van der Waals surface area contributed by atoms with Crippen molar-refractivity contribution in [3.8, 4) is 0 Å². The van der Waals surface area contributed by atoms with Gasteiger partial charge in [0.2, 0.25) is 10.0 Å². The van der Waals surface area contributed by atoms with Crippen LogP contribution in [0.1, 0.15) is 12.1 Å². The van der Waals surface area contributed by atoms with Crippen molar-refractivity contribution in [1.82, 2.24) is 9.29 Å². The van der Waals surface area contributed by atoms with E-state index in [4.69, 9.17) is 5.73 Å². The van der Waals surface area contributed by atoms with Gasteiger partial charge in [-0.05, 0) is 18.2 Å². The summed E-state index contributed by atoms with van der Waals surface area (Å²) in [6, 6.07) is 1.69. The molecule has 0 radical (unpaired) electrons. The van der Waals surface area contributed by atoms with Crippen LogP contribution in [-0.2, 0) is 23.6 Å². The molecule has 0 bridgehead atoms. The fourth-order valence-corrected chi connectivity index (χ4v) is 4.46. The Labute approximate surface area is 106 Å². The summed E-state index contributed by atoms with van der Waals surface area (Å²) in [6.07, 6.45) is 2.51. The lowest BCUT2D eigenvalue weighted by molar-refractivity contribution is 0.563. The van der Waals surface area contributed by atoms with E-state index >= 15 is 0 Å². The number of rotatable bonds is 4. The maximum Gasteiger partial charge on any atom is 0.242 e. The molecule has 1 atom stereocenters. The van der Waals surface area contributed by atoms with Crippen LogP contribution in [0, 0.1) is 0 Å². The lowest BCUT2D eigenvalue weighted by atomic mass is 10.3. The molecule has 5 nitrogen and oxygen atoms in total. The van der Waals surface area contributed by atoms with Crippen molar-refractivity contribution in [3.05, 3.63) is 18.0 Å². The molecule has 1 saturated heterocycles. The Morgan fingerprint density at radius 3 is 2.94 bits per heavy atom. The SMILES string of the molecule is Cn1cc(S(=O)(=O)NC2CCSC2)cc1CN. The van der Waals surface area contributed by atoms with Crippen molar-refractivity contribution in [1.29, 1.82) is 0 Å². The number of nitrogens with two attached hydrogens (primary N) is 1. The topological polar surface area (TPSA) is 77.1 Å². The summed E-state index contributed by atoms with van der Waals surface area (Å²) in [5, 5.41) is 0. The van der Waals surface area contributed by atoms with Gasteiger partial charge in [0.25, 0.3) is 0 Å². The van der Waals surface area contributed by atoms with Crippen molar-refractivity contribution in [2.45, 2.75) is 23.9 Å². The van der Waals surface area contributed by atoms with Gasteiger partial charge in [-0.25, -0.2) is 13.1 Å². The smallest absolute Gasteiger partial charge is 0.242 e. The summed E-state index contributed by atoms with van der Waals surface area (Å²) in [4.78, 5) is 0.303. The van der Waals surface area contributed by atoms with Gasteiger partial charge < -0.3 is 10.3 Å². The predicted octanol–water partition coefficient (Wildman–Crippen LogP) is 0.268. The summed E-state index contributed by atoms with van der Waals surface area (Å²) in [6.45, 7) is 0.339. The first kappa shape index (κ1) is 12.9. The van der Waals surface area contributed by atoms with Crippen LogP contribution in [0.3, 0.4) is 0 Å². The molecule has 7 heteroatoms. The predicted molar refractivity (Wildman–Crippen MR) is 69.4 cm³/mol. The molecule has 0 amide bonds. The number of aromatic nitrogens is 1. The highest BCUT2D eigenvalue weighted by molar-refractivity contribution is 7.99. The van der Waals surface area contributed by atoms with Gasteiger partial charge in [-0.3, -0.25) is 0 Å². The third-order valence-corrected chi connectivity index (χ3v) is 5.50. The van der Waals surface area contributed by atoms with E-state index in [0.717, 1.165) is 23.6 Å². The lowest BCUT2D eigenvalue weighted by Gasteiger charge is -2.10. The molecule has 2 heterocycles. The van der Waals surface area contributed by atoms with E-state index in [0.29, 0.717) is 11.4 Å². The van der Waals surface area contributed by atoms with Gasteiger partial charge in [0, 0.05) is 37.3 Å². The van der Waals surface area contributed by atoms with Crippen molar-refractivity contribution in [2.75, 3.05) is 11.5 Å². The highest BCUT2D eigenvalue weighted by atomic mass is 32.2. The largest absolute Gasteiger partial charge is 0.352 e. The molecule has 96 valence electrons. The number of hydrogen-bond acceptors (Lipinski definition) is 4. The van der Waals surface area contributed by atoms with Crippen molar-refractivity contribution >= 4 is 21.8 Å². The molecule has 1 aromatic heterocycles. The number of nitrogens with one attached hydrogen (secondary N) is 1. The average Bonchev–Trinajstić information content (AvgIpc) is 2.87. The van der Waals surface area contributed by atoms with E-state index in [9.17, 15) is 8.42 Å². The van der Waals surface area contributed by atoms with Crippen LogP contribution in [-0.4, -0.2) is 30.5 Å². The molecule has 0 aliphatic carbocycles. The van der Waals surface area contributed by atoms with E-state index in [2.05, 4.69) is 4.72 Å². The number of hydrogen-bond donors (Lipinski definition) is 2. The maximum absolute atomic E-state index is 12.1. The minimum absolute atomic E-state index is 0.0616. The number of thioether (sulfide) groups is 1. The third-order valence-electron chi connectivity index (χ3n) is 2.85. The quantitative estimate of drug-likeness (QED) is 0.827. The Morgan fingerprint density at radius 1 is 1.65 bits per heavy atom. The molecular formula is C10H17N3O2S2. The van der Waals surface area contributed by atoms with E-state index in [1.54, 1.807) is 35.6 Å². The number of sulfonamides is 1. The standard InChI is InChI=1S/C10H17N3O2S2/c1-13-6-10(4-9(13)5-11)17(14,15)12-8-2-3-16-7-8/h4,6,8,12H,2-3,5,7,11H2,1H3. The Kier molecular flexibility index (Phi) is 3.82. The molecule has 1 aliphatic heterocycles. The molecule has 17 heavy (non-hydrogen) atoms. The van der Waals surface area contributed by atoms with Crippen LogP contribution < -0.4 is 10.5 Å². The summed E-state index contributed by atoms with van der Waals surface area (Å²) in [5.74, 6) is 1.88. The van der Waals surface area contributed by atoms with Gasteiger partial charge in [0.05, 0.1) is 4.90 Å². The highest BCUT2D eigenvalue weighted by Gasteiger charge is 2.24. The van der Waals surface area contributed by atoms with Crippen LogP contribution in [0.5, 0.6) is 0 Å². The van der Waals surface area contributed by atoms with Crippen LogP contribution in [0.15, 0.2) is 17.2 Å². The van der Waals surface area contributed by atoms with Crippen LogP contribution >= 0.6 is 11.8 Å². The van der Waals surface area contributed by atoms with Gasteiger partial charge in [0.1, 0.15) is 0 Å². The first-order valence-corrected chi connectivity index (χ1v) is 8.12. The molecule has 2 rings (SSSR count). The molecule has 1 aromatic rings. The normalized spacial score (nSPS) is 20.9. The molecular weight excluding hydrogens is 258 g/mol. The van der Waals surface area contributed by atoms with Crippen LogP contribution in [0.4, 0.5) is 0 Å². The highest BCUT2D eigenvalue weighted by Crippen LogP contribution is 2.20. The summed E-state index contributed by atoms with van der Waals surface area (Å²) in [7, 11) is -1.60. The monoisotopic (exact) mass is 275 g/mol. The zero-order valence-electron chi connectivity index (χ0n) is 9.72. The zero-order chi connectivity index (χ0) is 12.5. The Hall–Kier alpha value is -0.500. The summed E-state index contributed by atoms with van der Waals surface area (Å²) in [5.41, 5.74) is 6.34. The van der Waals surface area contributed by atoms with E-state index in [1.165, 1.54) is 0 Å². The minimum atomic E-state index is -3.40. The Balaban J connectivity index is 2.18. The molecule has 1 fully saturated rings. The van der Waals surface area contributed by atoms with Crippen molar-refractivity contribution in [3.63, 3.8) is 0 Å². The van der Waals surface area contributed by atoms with E-state index in [1.807, 2.05) is 0 Å². The molecule has 3 N–H and O–H groups in total. The first-order chi connectivity index (χ1) is 8.03. The number of nitrogens with zero attached hydrogens (tertiary/aromatic N) is 1. The summed E-state index contributed by atoms with van der Waals surface area (Å²) >= 11 is 1.78. The van der Waals surface area contributed by atoms with Crippen LogP contribution in [0.2, 0.25) is 0 Å². The second-order valence-electron chi connectivity index (χ2n) is 4.16. The first-order valence-electron chi connectivity index (χ1n) is 5.48. The Morgan fingerprint density at radius 2 is 2.41 bits per heavy atom. The lowest BCUT2D eigenvalue weighted by Crippen LogP contribution is -2.34. The van der Waals surface area contributed by atoms with Gasteiger partial charge in [-0.2, -0.15) is 11.8 Å². The van der Waals surface area contributed by atoms with E-state index in [-0.39, 0.29) is 6.04 Å². The average molecular weight is 275 g/mol. The molecule has 0 aromatic carbocycles. The van der Waals surface area contributed by atoms with Crippen molar-refractivity contribution in [2.24, 2.45) is 12.8 Å². The van der Waals surface area contributed by atoms with Gasteiger partial charge in [-0.1, -0.05) is 0 Å². The molecule has 0 saturated carbocycles. The molecule has 1 unspecified atom stereocenters. The minimum Gasteiger partial charge on any atom is -0.352 e. The van der Waals surface area contributed by atoms with Crippen LogP contribution in [0.25, 0.3) is 0 Å². The van der Waals surface area contributed by atoms with Gasteiger partial charge in [0.15, 0.2) is 0 Å². The molecule has 0 spiro atoms. The second kappa shape index (κ2) is 5.01. The maximum atomic E-state index is 12.1. The molecule has 1 aliphatic rings. The van der Waals surface area contributed by atoms with Gasteiger partial charge in [-0.15, -0.1) is 0 Å². The fraction of sp³-hybridized carbons (Fsp3) is 0.600. The third kappa shape index (κ3) is 2.85.